The van der Waals surface area contributed by atoms with E-state index in [4.69, 9.17) is 0 Å². The molecule has 0 atom stereocenters. The molecule has 0 aromatic heterocycles. The van der Waals surface area contributed by atoms with E-state index < -0.39 is 0 Å². The van der Waals surface area contributed by atoms with Gasteiger partial charge >= 0.3 is 0 Å². The molecule has 2 rings (SSSR count). The molecular formula is C14H16O2. The van der Waals surface area contributed by atoms with Crippen molar-refractivity contribution in [2.45, 2.75) is 13.8 Å². The van der Waals surface area contributed by atoms with Crippen LogP contribution < -0.4 is 0 Å². The van der Waals surface area contributed by atoms with Crippen molar-refractivity contribution >= 4 is 17.2 Å². The molecule has 0 saturated carbocycles. The van der Waals surface area contributed by atoms with Crippen molar-refractivity contribution in [1.29, 1.82) is 0 Å². The maximum absolute atomic E-state index is 9.18. The largest absolute Gasteiger partial charge is 0.468 e. The van der Waals surface area contributed by atoms with Gasteiger partial charge in [-0.25, -0.2) is 0 Å². The molecule has 0 amide bonds. The predicted octanol–water partition coefficient (Wildman–Crippen LogP) is 3.33. The zero-order valence-corrected chi connectivity index (χ0v) is 9.64. The molecule has 0 saturated heterocycles. The molecule has 0 N–H and O–H groups in total. The van der Waals surface area contributed by atoms with Crippen LogP contribution in [-0.4, -0.2) is 13.1 Å². The molecule has 0 heterocycles. The van der Waals surface area contributed by atoms with Gasteiger partial charge in [-0.1, -0.05) is 48.0 Å². The van der Waals surface area contributed by atoms with E-state index in [1.165, 1.54) is 16.3 Å². The molecule has 2 heteroatoms. The van der Waals surface area contributed by atoms with Crippen LogP contribution in [0.15, 0.2) is 42.5 Å². The lowest BCUT2D eigenvalue weighted by Gasteiger charge is -1.96. The van der Waals surface area contributed by atoms with Gasteiger partial charge in [0.2, 0.25) is 0 Å². The quantitative estimate of drug-likeness (QED) is 0.720. The van der Waals surface area contributed by atoms with E-state index in [1.807, 2.05) is 0 Å². The lowest BCUT2D eigenvalue weighted by molar-refractivity contribution is -0.128. The van der Waals surface area contributed by atoms with E-state index in [0.717, 1.165) is 0 Å². The summed E-state index contributed by atoms with van der Waals surface area (Å²) in [4.78, 5) is 9.18. The summed E-state index contributed by atoms with van der Waals surface area (Å²) in [6.07, 6.45) is 0. The smallest absolute Gasteiger partial charge is 0.293 e. The molecule has 0 unspecified atom stereocenters. The fourth-order valence-electron chi connectivity index (χ4n) is 1.38. The maximum atomic E-state index is 9.18. The first kappa shape index (κ1) is 12.2. The van der Waals surface area contributed by atoms with E-state index >= 15 is 0 Å². The second-order valence-electron chi connectivity index (χ2n) is 3.40. The minimum Gasteiger partial charge on any atom is -0.468 e. The summed E-state index contributed by atoms with van der Waals surface area (Å²) in [6, 6.07) is 14.9. The average Bonchev–Trinajstić information content (AvgIpc) is 2.31. The van der Waals surface area contributed by atoms with Gasteiger partial charge in [0.15, 0.2) is 0 Å². The number of benzene rings is 2. The van der Waals surface area contributed by atoms with Crippen LogP contribution in [0, 0.1) is 6.92 Å². The zero-order chi connectivity index (χ0) is 11.8. The van der Waals surface area contributed by atoms with Gasteiger partial charge in [0.1, 0.15) is 0 Å². The highest BCUT2D eigenvalue weighted by Gasteiger charge is 1.89. The van der Waals surface area contributed by atoms with Crippen molar-refractivity contribution in [3.63, 3.8) is 0 Å². The summed E-state index contributed by atoms with van der Waals surface area (Å²) >= 11 is 0. The number of rotatable bonds is 2. The Morgan fingerprint density at radius 2 is 1.81 bits per heavy atom. The molecule has 0 spiro atoms. The molecule has 0 radical (unpaired) electrons. The molecule has 0 bridgehead atoms. The van der Waals surface area contributed by atoms with E-state index in [2.05, 4.69) is 54.1 Å². The van der Waals surface area contributed by atoms with Crippen molar-refractivity contribution in [3.8, 4) is 0 Å². The Balaban J connectivity index is 0.000000221. The second-order valence-corrected chi connectivity index (χ2v) is 3.40. The highest BCUT2D eigenvalue weighted by atomic mass is 16.5. The molecular weight excluding hydrogens is 200 g/mol. The van der Waals surface area contributed by atoms with Gasteiger partial charge in [-0.15, -0.1) is 0 Å². The fraction of sp³-hybridized carbons (Fsp3) is 0.214. The Bertz CT molecular complexity index is 449. The molecule has 84 valence electrons. The number of hydrogen-bond donors (Lipinski definition) is 0. The molecule has 2 aromatic rings. The number of ether oxygens (including phenoxy) is 1. The Labute approximate surface area is 95.9 Å². The molecule has 2 nitrogen and oxygen atoms in total. The van der Waals surface area contributed by atoms with Crippen molar-refractivity contribution in [2.24, 2.45) is 0 Å². The number of carbonyl (C=O) groups excluding carboxylic acids is 1. The summed E-state index contributed by atoms with van der Waals surface area (Å²) in [5.74, 6) is 0. The van der Waals surface area contributed by atoms with E-state index in [-0.39, 0.29) is 0 Å². The van der Waals surface area contributed by atoms with Crippen LogP contribution >= 0.6 is 0 Å². The summed E-state index contributed by atoms with van der Waals surface area (Å²) in [5, 5.41) is 2.64. The van der Waals surface area contributed by atoms with Gasteiger partial charge in [0, 0.05) is 0 Å². The minimum absolute atomic E-state index is 0.431. The number of fused-ring (bicyclic) bond motifs is 1. The molecule has 16 heavy (non-hydrogen) atoms. The van der Waals surface area contributed by atoms with Crippen LogP contribution in [0.25, 0.3) is 10.8 Å². The number of carbonyl (C=O) groups is 1. The van der Waals surface area contributed by atoms with E-state index in [9.17, 15) is 4.79 Å². The SMILES string of the molecule is CCOC=O.Cc1ccc2ccccc2c1. The van der Waals surface area contributed by atoms with Crippen LogP contribution in [0.5, 0.6) is 0 Å². The molecule has 2 aromatic carbocycles. The Morgan fingerprint density at radius 3 is 2.38 bits per heavy atom. The summed E-state index contributed by atoms with van der Waals surface area (Å²) in [6.45, 7) is 4.78. The summed E-state index contributed by atoms with van der Waals surface area (Å²) in [5.41, 5.74) is 1.32. The van der Waals surface area contributed by atoms with Gasteiger partial charge in [-0.05, 0) is 24.6 Å². The molecule has 0 aliphatic carbocycles. The van der Waals surface area contributed by atoms with Gasteiger partial charge in [0.25, 0.3) is 6.47 Å². The predicted molar refractivity (Wildman–Crippen MR) is 66.4 cm³/mol. The fourth-order valence-corrected chi connectivity index (χ4v) is 1.38. The summed E-state index contributed by atoms with van der Waals surface area (Å²) in [7, 11) is 0. The summed E-state index contributed by atoms with van der Waals surface area (Å²) < 4.78 is 4.15. The zero-order valence-electron chi connectivity index (χ0n) is 9.64. The normalized spacial score (nSPS) is 9.12. The minimum atomic E-state index is 0.431. The van der Waals surface area contributed by atoms with Crippen molar-refractivity contribution in [3.05, 3.63) is 48.0 Å². The first-order chi connectivity index (χ1) is 7.77. The van der Waals surface area contributed by atoms with Crippen molar-refractivity contribution in [2.75, 3.05) is 6.61 Å². The van der Waals surface area contributed by atoms with Crippen LogP contribution in [0.1, 0.15) is 12.5 Å². The Kier molecular flexibility index (Phi) is 5.06. The van der Waals surface area contributed by atoms with Gasteiger partial charge in [-0.2, -0.15) is 0 Å². The van der Waals surface area contributed by atoms with Crippen LogP contribution in [-0.2, 0) is 9.53 Å². The van der Waals surface area contributed by atoms with Gasteiger partial charge in [-0.3, -0.25) is 4.79 Å². The standard InChI is InChI=1S/C11H10.C3H6O2/c1-9-6-7-10-4-2-3-5-11(10)8-9;1-2-5-3-4/h2-8H,1H3;3H,2H2,1H3. The molecule has 0 fully saturated rings. The number of hydrogen-bond acceptors (Lipinski definition) is 2. The van der Waals surface area contributed by atoms with Crippen LogP contribution in [0.2, 0.25) is 0 Å². The van der Waals surface area contributed by atoms with Gasteiger partial charge in [0.05, 0.1) is 6.61 Å². The Morgan fingerprint density at radius 1 is 1.12 bits per heavy atom. The van der Waals surface area contributed by atoms with Crippen molar-refractivity contribution < 1.29 is 9.53 Å². The second kappa shape index (κ2) is 6.62. The highest BCUT2D eigenvalue weighted by molar-refractivity contribution is 5.82. The van der Waals surface area contributed by atoms with Crippen LogP contribution in [0.3, 0.4) is 0 Å². The molecule has 0 aliphatic rings. The third-order valence-electron chi connectivity index (χ3n) is 2.14. The topological polar surface area (TPSA) is 26.3 Å². The number of aryl methyl sites for hydroxylation is 1. The lowest BCUT2D eigenvalue weighted by atomic mass is 10.1. The third kappa shape index (κ3) is 3.73. The van der Waals surface area contributed by atoms with Crippen molar-refractivity contribution in [1.82, 2.24) is 0 Å². The highest BCUT2D eigenvalue weighted by Crippen LogP contribution is 2.14. The maximum Gasteiger partial charge on any atom is 0.293 e. The average molecular weight is 216 g/mol. The first-order valence-electron chi connectivity index (χ1n) is 5.28. The van der Waals surface area contributed by atoms with E-state index in [0.29, 0.717) is 13.1 Å². The third-order valence-corrected chi connectivity index (χ3v) is 2.14. The van der Waals surface area contributed by atoms with Gasteiger partial charge < -0.3 is 4.74 Å². The van der Waals surface area contributed by atoms with E-state index in [1.54, 1.807) is 6.92 Å². The first-order valence-corrected chi connectivity index (χ1v) is 5.28. The monoisotopic (exact) mass is 216 g/mol. The van der Waals surface area contributed by atoms with Crippen LogP contribution in [0.4, 0.5) is 0 Å². The Hall–Kier alpha value is -1.83. The molecule has 0 aliphatic heterocycles. The lowest BCUT2D eigenvalue weighted by Crippen LogP contribution is -1.80.